The normalized spacial score (nSPS) is 37.1. The first-order chi connectivity index (χ1) is 7.97. The molecule has 1 aliphatic carbocycles. The Hall–Kier alpha value is -1.10. The summed E-state index contributed by atoms with van der Waals surface area (Å²) in [5, 5.41) is 21.0. The second-order valence-electron chi connectivity index (χ2n) is 5.12. The fraction of sp³-hybridized carbons (Fsp3) is 0.833. The van der Waals surface area contributed by atoms with Crippen molar-refractivity contribution in [2.75, 3.05) is 0 Å². The number of rotatable bonds is 3. The van der Waals surface area contributed by atoms with E-state index < -0.39 is 23.1 Å². The van der Waals surface area contributed by atoms with Crippen LogP contribution in [0.3, 0.4) is 0 Å². The number of ether oxygens (including phenoxy) is 1. The minimum Gasteiger partial charge on any atom is -0.550 e. The van der Waals surface area contributed by atoms with Crippen LogP contribution in [-0.2, 0) is 14.3 Å². The van der Waals surface area contributed by atoms with E-state index in [1.807, 2.05) is 0 Å². The lowest BCUT2D eigenvalue weighted by Crippen LogP contribution is -2.57. The Morgan fingerprint density at radius 1 is 1.35 bits per heavy atom. The van der Waals surface area contributed by atoms with Gasteiger partial charge in [0.15, 0.2) is 0 Å². The zero-order valence-corrected chi connectivity index (χ0v) is 9.74. The molecule has 17 heavy (non-hydrogen) atoms. The van der Waals surface area contributed by atoms with Crippen LogP contribution in [0.2, 0.25) is 0 Å². The van der Waals surface area contributed by atoms with Gasteiger partial charge in [0.05, 0.1) is 0 Å². The average molecular weight is 241 g/mol. The number of fused-ring (bicyclic) bond motifs is 1. The quantitative estimate of drug-likeness (QED) is 0.708. The molecule has 2 fully saturated rings. The maximum atomic E-state index is 11.3. The Bertz CT molecular complexity index is 340. The van der Waals surface area contributed by atoms with Crippen LogP contribution in [0.25, 0.3) is 0 Å². The van der Waals surface area contributed by atoms with Crippen molar-refractivity contribution in [3.8, 4) is 0 Å². The second-order valence-corrected chi connectivity index (χ2v) is 5.12. The van der Waals surface area contributed by atoms with Gasteiger partial charge < -0.3 is 19.7 Å². The van der Waals surface area contributed by atoms with Crippen LogP contribution in [0.4, 0.5) is 0 Å². The number of hydrogen-bond acceptors (Lipinski definition) is 5. The summed E-state index contributed by atoms with van der Waals surface area (Å²) < 4.78 is 5.12. The number of carboxylic acids is 1. The van der Waals surface area contributed by atoms with Crippen molar-refractivity contribution in [3.63, 3.8) is 0 Å². The Balaban J connectivity index is 2.19. The van der Waals surface area contributed by atoms with E-state index in [-0.39, 0.29) is 12.8 Å². The van der Waals surface area contributed by atoms with Crippen LogP contribution in [-0.4, -0.2) is 22.8 Å². The molecular weight excluding hydrogens is 224 g/mol. The van der Waals surface area contributed by atoms with Crippen LogP contribution in [0, 0.1) is 5.41 Å². The third-order valence-electron chi connectivity index (χ3n) is 4.15. The average Bonchev–Trinajstić information content (AvgIpc) is 2.26. The molecule has 0 unspecified atom stereocenters. The van der Waals surface area contributed by atoms with Gasteiger partial charge in [0.1, 0.15) is 0 Å². The van der Waals surface area contributed by atoms with Crippen molar-refractivity contribution >= 4 is 11.9 Å². The van der Waals surface area contributed by atoms with Crippen molar-refractivity contribution in [2.45, 2.75) is 57.2 Å². The number of esters is 1. The molecule has 1 aliphatic heterocycles. The highest BCUT2D eigenvalue weighted by Crippen LogP contribution is 2.53. The van der Waals surface area contributed by atoms with E-state index in [1.165, 1.54) is 0 Å². The molecule has 0 bridgehead atoms. The van der Waals surface area contributed by atoms with Gasteiger partial charge in [0, 0.05) is 24.2 Å². The lowest BCUT2D eigenvalue weighted by atomic mass is 9.63. The Morgan fingerprint density at radius 3 is 2.76 bits per heavy atom. The largest absolute Gasteiger partial charge is 0.550 e. The second kappa shape index (κ2) is 4.29. The van der Waals surface area contributed by atoms with Crippen molar-refractivity contribution in [1.82, 2.24) is 0 Å². The van der Waals surface area contributed by atoms with Crippen LogP contribution in [0.5, 0.6) is 0 Å². The summed E-state index contributed by atoms with van der Waals surface area (Å²) in [5.41, 5.74) is -0.584. The third kappa shape index (κ3) is 2.16. The highest BCUT2D eigenvalue weighted by atomic mass is 16.7. The van der Waals surface area contributed by atoms with Crippen molar-refractivity contribution < 1.29 is 24.5 Å². The van der Waals surface area contributed by atoms with Gasteiger partial charge in [-0.25, -0.2) is 0 Å². The molecule has 0 amide bonds. The minimum absolute atomic E-state index is 0.0974. The zero-order valence-electron chi connectivity index (χ0n) is 9.74. The molecule has 2 rings (SSSR count). The zero-order chi connectivity index (χ0) is 12.5. The third-order valence-corrected chi connectivity index (χ3v) is 4.15. The molecule has 0 spiro atoms. The van der Waals surface area contributed by atoms with Gasteiger partial charge in [-0.3, -0.25) is 4.79 Å². The fourth-order valence-corrected chi connectivity index (χ4v) is 3.14. The molecule has 0 aromatic carbocycles. The fourth-order valence-electron chi connectivity index (χ4n) is 3.14. The van der Waals surface area contributed by atoms with E-state index in [0.717, 1.165) is 12.8 Å². The van der Waals surface area contributed by atoms with E-state index in [1.54, 1.807) is 0 Å². The molecule has 1 heterocycles. The molecule has 1 saturated heterocycles. The predicted octanol–water partition coefficient (Wildman–Crippen LogP) is 0.102. The van der Waals surface area contributed by atoms with E-state index in [4.69, 9.17) is 4.74 Å². The van der Waals surface area contributed by atoms with Gasteiger partial charge in [-0.15, -0.1) is 0 Å². The molecule has 0 aromatic heterocycles. The summed E-state index contributed by atoms with van der Waals surface area (Å²) in [6, 6.07) is 0. The van der Waals surface area contributed by atoms with Crippen LogP contribution < -0.4 is 5.11 Å². The monoisotopic (exact) mass is 241 g/mol. The SMILES string of the molecule is O=C([O-])CC[C@]12CCCC[C@@]1(O)OC(=O)CC2. The molecule has 2 aliphatic rings. The van der Waals surface area contributed by atoms with Gasteiger partial charge in [0.2, 0.25) is 5.79 Å². The number of aliphatic hydroxyl groups is 1. The van der Waals surface area contributed by atoms with E-state index in [0.29, 0.717) is 25.7 Å². The summed E-state index contributed by atoms with van der Waals surface area (Å²) in [7, 11) is 0. The van der Waals surface area contributed by atoms with E-state index in [9.17, 15) is 19.8 Å². The highest BCUT2D eigenvalue weighted by molar-refractivity contribution is 5.71. The van der Waals surface area contributed by atoms with Crippen molar-refractivity contribution in [2.24, 2.45) is 5.41 Å². The van der Waals surface area contributed by atoms with Crippen LogP contribution in [0.15, 0.2) is 0 Å². The molecular formula is C12H17O5-. The Labute approximate surface area is 99.8 Å². The number of carboxylic acid groups (broad SMARTS) is 1. The number of aliphatic carboxylic acids is 1. The summed E-state index contributed by atoms with van der Waals surface area (Å²) in [4.78, 5) is 21.9. The molecule has 5 nitrogen and oxygen atoms in total. The maximum Gasteiger partial charge on any atom is 0.308 e. The molecule has 0 radical (unpaired) electrons. The summed E-state index contributed by atoms with van der Waals surface area (Å²) in [6.45, 7) is 0. The molecule has 1 N–H and O–H groups in total. The summed E-state index contributed by atoms with van der Waals surface area (Å²) in [5.74, 6) is -2.97. The molecule has 1 saturated carbocycles. The highest BCUT2D eigenvalue weighted by Gasteiger charge is 2.56. The predicted molar refractivity (Wildman–Crippen MR) is 55.4 cm³/mol. The van der Waals surface area contributed by atoms with Crippen LogP contribution in [0.1, 0.15) is 51.4 Å². The standard InChI is InChI=1S/C12H18O5/c13-9(14)3-7-11-5-1-2-6-12(11,16)17-10(15)4-8-11/h16H,1-8H2,(H,13,14)/p-1/t11-,12+/m0/s1. The van der Waals surface area contributed by atoms with Gasteiger partial charge in [-0.05, 0) is 32.1 Å². The van der Waals surface area contributed by atoms with Gasteiger partial charge >= 0.3 is 5.97 Å². The number of carbonyl (C=O) groups excluding carboxylic acids is 2. The summed E-state index contributed by atoms with van der Waals surface area (Å²) in [6.07, 6.45) is 3.85. The van der Waals surface area contributed by atoms with E-state index in [2.05, 4.69) is 0 Å². The molecule has 0 aromatic rings. The number of hydrogen-bond donors (Lipinski definition) is 1. The first-order valence-electron chi connectivity index (χ1n) is 6.12. The molecule has 5 heteroatoms. The minimum atomic E-state index is -1.46. The smallest absolute Gasteiger partial charge is 0.308 e. The number of carbonyl (C=O) groups is 2. The summed E-state index contributed by atoms with van der Waals surface area (Å²) >= 11 is 0. The van der Waals surface area contributed by atoms with Crippen LogP contribution >= 0.6 is 0 Å². The van der Waals surface area contributed by atoms with Gasteiger partial charge in [-0.2, -0.15) is 0 Å². The van der Waals surface area contributed by atoms with Crippen molar-refractivity contribution in [1.29, 1.82) is 0 Å². The van der Waals surface area contributed by atoms with E-state index >= 15 is 0 Å². The first kappa shape index (κ1) is 12.4. The maximum absolute atomic E-state index is 11.3. The lowest BCUT2D eigenvalue weighted by molar-refractivity contribution is -0.312. The van der Waals surface area contributed by atoms with Gasteiger partial charge in [-0.1, -0.05) is 6.42 Å². The topological polar surface area (TPSA) is 86.7 Å². The Kier molecular flexibility index (Phi) is 3.12. The molecule has 96 valence electrons. The van der Waals surface area contributed by atoms with Crippen molar-refractivity contribution in [3.05, 3.63) is 0 Å². The first-order valence-corrected chi connectivity index (χ1v) is 6.12. The molecule has 2 atom stereocenters. The lowest BCUT2D eigenvalue weighted by Gasteiger charge is -2.52. The van der Waals surface area contributed by atoms with Gasteiger partial charge in [0.25, 0.3) is 0 Å². The Morgan fingerprint density at radius 2 is 2.06 bits per heavy atom.